The highest BCUT2D eigenvalue weighted by atomic mass is 28.4. The van der Waals surface area contributed by atoms with Gasteiger partial charge in [0.15, 0.2) is 19.7 Å². The van der Waals surface area contributed by atoms with Crippen molar-refractivity contribution in [2.75, 3.05) is 14.2 Å². The molecule has 5 heteroatoms. The van der Waals surface area contributed by atoms with Crippen molar-refractivity contribution >= 4 is 14.1 Å². The number of methoxy groups -OCH3 is 2. The molecule has 0 spiro atoms. The van der Waals surface area contributed by atoms with Gasteiger partial charge < -0.3 is 13.9 Å². The maximum Gasteiger partial charge on any atom is 0.194 e. The fraction of sp³-hybridized carbons (Fsp3) is 0.682. The number of benzene rings is 1. The highest BCUT2D eigenvalue weighted by molar-refractivity contribution is 6.74. The van der Waals surface area contributed by atoms with Crippen molar-refractivity contribution in [3.8, 4) is 5.75 Å². The minimum absolute atomic E-state index is 0.00453. The number of hydrogen-bond acceptors (Lipinski definition) is 4. The van der Waals surface area contributed by atoms with E-state index in [1.165, 1.54) is 0 Å². The van der Waals surface area contributed by atoms with Crippen LogP contribution in [0, 0.1) is 0 Å². The second-order valence-electron chi connectivity index (χ2n) is 9.51. The Kier molecular flexibility index (Phi) is 5.11. The molecule has 0 heterocycles. The molecule has 27 heavy (non-hydrogen) atoms. The van der Waals surface area contributed by atoms with Crippen LogP contribution in [0.4, 0.5) is 0 Å². The van der Waals surface area contributed by atoms with Gasteiger partial charge >= 0.3 is 0 Å². The van der Waals surface area contributed by atoms with Gasteiger partial charge in [0, 0.05) is 24.7 Å². The van der Waals surface area contributed by atoms with Gasteiger partial charge in [0.05, 0.1) is 7.11 Å². The minimum Gasteiger partial charge on any atom is -0.496 e. The number of fused-ring (bicyclic) bond motifs is 3. The monoisotopic (exact) mass is 390 g/mol. The van der Waals surface area contributed by atoms with Crippen LogP contribution in [0.1, 0.15) is 57.6 Å². The molecule has 0 N–H and O–H groups in total. The van der Waals surface area contributed by atoms with Crippen molar-refractivity contribution in [3.63, 3.8) is 0 Å². The van der Waals surface area contributed by atoms with Crippen molar-refractivity contribution in [2.45, 2.75) is 82.2 Å². The van der Waals surface area contributed by atoms with Gasteiger partial charge in [-0.25, -0.2) is 0 Å². The van der Waals surface area contributed by atoms with Gasteiger partial charge in [-0.3, -0.25) is 4.79 Å². The van der Waals surface area contributed by atoms with Gasteiger partial charge in [-0.15, -0.1) is 0 Å². The zero-order chi connectivity index (χ0) is 20.1. The van der Waals surface area contributed by atoms with E-state index in [1.54, 1.807) is 14.2 Å². The molecule has 3 rings (SSSR count). The predicted molar refractivity (Wildman–Crippen MR) is 110 cm³/mol. The summed E-state index contributed by atoms with van der Waals surface area (Å²) < 4.78 is 18.9. The van der Waals surface area contributed by atoms with Gasteiger partial charge in [-0.05, 0) is 49.9 Å². The molecule has 0 aliphatic heterocycles. The molecule has 0 amide bonds. The van der Waals surface area contributed by atoms with Crippen LogP contribution in [-0.4, -0.2) is 33.9 Å². The smallest absolute Gasteiger partial charge is 0.194 e. The Balaban J connectivity index is 2.30. The first-order valence-corrected chi connectivity index (χ1v) is 12.9. The quantitative estimate of drug-likeness (QED) is 0.679. The highest BCUT2D eigenvalue weighted by Crippen LogP contribution is 2.57. The highest BCUT2D eigenvalue weighted by Gasteiger charge is 2.65. The number of ether oxygens (including phenoxy) is 2. The van der Waals surface area contributed by atoms with Crippen LogP contribution < -0.4 is 4.74 Å². The van der Waals surface area contributed by atoms with Crippen molar-refractivity contribution in [3.05, 3.63) is 29.3 Å². The summed E-state index contributed by atoms with van der Waals surface area (Å²) in [5.41, 5.74) is 0.425. The van der Waals surface area contributed by atoms with Gasteiger partial charge in [0.1, 0.15) is 11.4 Å². The number of ketones is 1. The van der Waals surface area contributed by atoms with E-state index < -0.39 is 19.5 Å². The standard InChI is InChI=1S/C22H34O4Si/c1-20(2,3)27(6,7)26-22-17-10-8-11-18(24-4)16(17)13-15-21(22,25-5)14-9-12-19(22)23/h8,10-11H,9,12-15H2,1-7H3/t21-,22-/m0/s1. The molecule has 1 fully saturated rings. The second-order valence-corrected chi connectivity index (χ2v) is 14.2. The first-order valence-electron chi connectivity index (χ1n) is 10.00. The van der Waals surface area contributed by atoms with Gasteiger partial charge in [-0.2, -0.15) is 0 Å². The Morgan fingerprint density at radius 2 is 1.78 bits per heavy atom. The molecule has 150 valence electrons. The Morgan fingerprint density at radius 3 is 2.37 bits per heavy atom. The van der Waals surface area contributed by atoms with E-state index in [-0.39, 0.29) is 10.8 Å². The lowest BCUT2D eigenvalue weighted by Crippen LogP contribution is -2.67. The summed E-state index contributed by atoms with van der Waals surface area (Å²) in [6.45, 7) is 11.1. The third kappa shape index (κ3) is 2.90. The summed E-state index contributed by atoms with van der Waals surface area (Å²) in [6.07, 6.45) is 3.85. The molecule has 1 aromatic rings. The van der Waals surface area contributed by atoms with E-state index in [0.717, 1.165) is 42.6 Å². The molecular weight excluding hydrogens is 356 g/mol. The summed E-state index contributed by atoms with van der Waals surface area (Å²) in [5, 5.41) is -0.00453. The minimum atomic E-state index is -2.25. The largest absolute Gasteiger partial charge is 0.496 e. The summed E-state index contributed by atoms with van der Waals surface area (Å²) in [5.74, 6) is 1.00. The first-order chi connectivity index (χ1) is 12.5. The van der Waals surface area contributed by atoms with Crippen LogP contribution in [0.25, 0.3) is 0 Å². The summed E-state index contributed by atoms with van der Waals surface area (Å²) >= 11 is 0. The maximum atomic E-state index is 13.7. The van der Waals surface area contributed by atoms with E-state index in [4.69, 9.17) is 13.9 Å². The van der Waals surface area contributed by atoms with Crippen LogP contribution in [0.5, 0.6) is 5.75 Å². The number of rotatable bonds is 4. The lowest BCUT2D eigenvalue weighted by atomic mass is 9.60. The molecule has 2 atom stereocenters. The predicted octanol–water partition coefficient (Wildman–Crippen LogP) is 5.00. The number of hydrogen-bond donors (Lipinski definition) is 0. The molecule has 2 aliphatic carbocycles. The average Bonchev–Trinajstić information content (AvgIpc) is 2.61. The van der Waals surface area contributed by atoms with Crippen LogP contribution in [0.2, 0.25) is 18.1 Å². The lowest BCUT2D eigenvalue weighted by molar-refractivity contribution is -0.199. The van der Waals surface area contributed by atoms with Crippen LogP contribution in [-0.2, 0) is 26.0 Å². The molecule has 0 radical (unpaired) electrons. The van der Waals surface area contributed by atoms with Crippen LogP contribution in [0.3, 0.4) is 0 Å². The Hall–Kier alpha value is -1.17. The van der Waals surface area contributed by atoms with Crippen molar-refractivity contribution in [1.82, 2.24) is 0 Å². The van der Waals surface area contributed by atoms with Gasteiger partial charge in [-0.1, -0.05) is 32.9 Å². The average molecular weight is 391 g/mol. The SMILES string of the molecule is COc1cccc2c1CC[C@@]1(OC)CCCC(=O)[C@@]21O[Si](C)(C)C(C)(C)C. The van der Waals surface area contributed by atoms with E-state index in [1.807, 2.05) is 12.1 Å². The van der Waals surface area contributed by atoms with E-state index in [2.05, 4.69) is 39.9 Å². The summed E-state index contributed by atoms with van der Waals surface area (Å²) in [6, 6.07) is 6.01. The summed E-state index contributed by atoms with van der Waals surface area (Å²) in [7, 11) is 1.18. The topological polar surface area (TPSA) is 44.8 Å². The molecule has 1 aromatic carbocycles. The van der Waals surface area contributed by atoms with Crippen molar-refractivity contribution in [2.24, 2.45) is 0 Å². The number of carbonyl (C=O) groups excluding carboxylic acids is 1. The third-order valence-electron chi connectivity index (χ3n) is 7.14. The fourth-order valence-electron chi connectivity index (χ4n) is 4.60. The van der Waals surface area contributed by atoms with E-state index in [0.29, 0.717) is 6.42 Å². The van der Waals surface area contributed by atoms with Gasteiger partial charge in [0.25, 0.3) is 0 Å². The van der Waals surface area contributed by atoms with Crippen molar-refractivity contribution < 1.29 is 18.7 Å². The second kappa shape index (κ2) is 6.71. The van der Waals surface area contributed by atoms with Crippen molar-refractivity contribution in [1.29, 1.82) is 0 Å². The lowest BCUT2D eigenvalue weighted by Gasteiger charge is -2.58. The Labute approximate surface area is 164 Å². The van der Waals surface area contributed by atoms with Crippen LogP contribution in [0.15, 0.2) is 18.2 Å². The maximum absolute atomic E-state index is 13.7. The zero-order valence-corrected chi connectivity index (χ0v) is 18.9. The summed E-state index contributed by atoms with van der Waals surface area (Å²) in [4.78, 5) is 13.7. The van der Waals surface area contributed by atoms with Crippen LogP contribution >= 0.6 is 0 Å². The molecule has 0 unspecified atom stereocenters. The Bertz CT molecular complexity index is 736. The van der Waals surface area contributed by atoms with Gasteiger partial charge in [0.2, 0.25) is 0 Å². The third-order valence-corrected chi connectivity index (χ3v) is 11.6. The number of carbonyl (C=O) groups is 1. The Morgan fingerprint density at radius 1 is 1.07 bits per heavy atom. The molecule has 4 nitrogen and oxygen atoms in total. The molecular formula is C22H34O4Si. The molecule has 0 bridgehead atoms. The first kappa shape index (κ1) is 20.6. The fourth-order valence-corrected chi connectivity index (χ4v) is 6.08. The van der Waals surface area contributed by atoms with E-state index in [9.17, 15) is 4.79 Å². The zero-order valence-electron chi connectivity index (χ0n) is 17.9. The number of Topliss-reactive ketones (excluding diaryl/α,β-unsaturated/α-hetero) is 1. The molecule has 0 saturated heterocycles. The molecule has 1 saturated carbocycles. The molecule has 0 aromatic heterocycles. The molecule has 2 aliphatic rings. The van der Waals surface area contributed by atoms with E-state index >= 15 is 0 Å². The normalized spacial score (nSPS) is 28.5.